The minimum absolute atomic E-state index is 0.170. The van der Waals surface area contributed by atoms with Crippen LogP contribution < -0.4 is 10.3 Å². The lowest BCUT2D eigenvalue weighted by molar-refractivity contribution is 0.0282. The first-order valence-corrected chi connectivity index (χ1v) is 11.2. The summed E-state index contributed by atoms with van der Waals surface area (Å²) >= 11 is 3.03. The Balaban J connectivity index is 1.85. The van der Waals surface area contributed by atoms with E-state index in [-0.39, 0.29) is 12.2 Å². The highest BCUT2D eigenvalue weighted by Gasteiger charge is 2.15. The number of hydrogen-bond donors (Lipinski definition) is 1. The fourth-order valence-electron chi connectivity index (χ4n) is 2.62. The molecule has 0 fully saturated rings. The molecule has 0 aliphatic carbocycles. The number of thioether (sulfide) groups is 1. The van der Waals surface area contributed by atoms with Crippen LogP contribution in [0.4, 0.5) is 0 Å². The largest absolute Gasteiger partial charge is 0.490 e. The van der Waals surface area contributed by atoms with Crippen molar-refractivity contribution in [1.29, 1.82) is 0 Å². The fourth-order valence-corrected chi connectivity index (χ4v) is 3.83. The third-order valence-corrected chi connectivity index (χ3v) is 5.83. The average molecular weight is 429 g/mol. The molecule has 1 heterocycles. The smallest absolute Gasteiger partial charge is 0.287 e. The first-order valence-electron chi connectivity index (χ1n) is 9.12. The fraction of sp³-hybridized carbons (Fsp3) is 0.273. The van der Waals surface area contributed by atoms with Gasteiger partial charge in [0.15, 0.2) is 5.03 Å². The molecule has 7 heteroatoms. The summed E-state index contributed by atoms with van der Waals surface area (Å²) in [6.45, 7) is 5.50. The Kier molecular flexibility index (Phi) is 6.72. The van der Waals surface area contributed by atoms with Crippen LogP contribution in [0.2, 0.25) is 0 Å². The first-order chi connectivity index (χ1) is 13.8. The third-order valence-electron chi connectivity index (χ3n) is 4.10. The van der Waals surface area contributed by atoms with Crippen LogP contribution in [-0.4, -0.2) is 33.1 Å². The van der Waals surface area contributed by atoms with Gasteiger partial charge in [0.2, 0.25) is 0 Å². The molecular formula is C22H24N2O3S2. The SMILES string of the molecule is CSc1ccc(Sc2nccn(-c3ccc(OCC(C)(C)O)c(C)c3)c2=O)cc1. The predicted molar refractivity (Wildman–Crippen MR) is 119 cm³/mol. The highest BCUT2D eigenvalue weighted by Crippen LogP contribution is 2.26. The van der Waals surface area contributed by atoms with Gasteiger partial charge in [0.25, 0.3) is 5.56 Å². The molecule has 3 rings (SSSR count). The van der Waals surface area contributed by atoms with E-state index < -0.39 is 5.60 Å². The van der Waals surface area contributed by atoms with E-state index in [4.69, 9.17) is 4.74 Å². The van der Waals surface area contributed by atoms with Crippen molar-refractivity contribution in [3.63, 3.8) is 0 Å². The van der Waals surface area contributed by atoms with Crippen LogP contribution in [0, 0.1) is 6.92 Å². The Morgan fingerprint density at radius 3 is 2.45 bits per heavy atom. The minimum Gasteiger partial charge on any atom is -0.490 e. The second-order valence-electron chi connectivity index (χ2n) is 7.24. The number of aryl methyl sites for hydroxylation is 1. The molecule has 1 aromatic heterocycles. The summed E-state index contributed by atoms with van der Waals surface area (Å²) in [7, 11) is 0. The van der Waals surface area contributed by atoms with Crippen molar-refractivity contribution in [3.8, 4) is 11.4 Å². The number of ether oxygens (including phenoxy) is 1. The maximum absolute atomic E-state index is 13.0. The zero-order chi connectivity index (χ0) is 21.0. The zero-order valence-electron chi connectivity index (χ0n) is 16.9. The second-order valence-corrected chi connectivity index (χ2v) is 9.18. The third kappa shape index (κ3) is 5.65. The van der Waals surface area contributed by atoms with E-state index in [9.17, 15) is 9.90 Å². The van der Waals surface area contributed by atoms with E-state index in [1.165, 1.54) is 16.7 Å². The van der Waals surface area contributed by atoms with Crippen molar-refractivity contribution in [3.05, 3.63) is 70.8 Å². The van der Waals surface area contributed by atoms with Crippen LogP contribution in [0.3, 0.4) is 0 Å². The van der Waals surface area contributed by atoms with Crippen LogP contribution >= 0.6 is 23.5 Å². The molecule has 2 aromatic carbocycles. The predicted octanol–water partition coefficient (Wildman–Crippen LogP) is 4.56. The van der Waals surface area contributed by atoms with Gasteiger partial charge in [-0.1, -0.05) is 11.8 Å². The lowest BCUT2D eigenvalue weighted by Crippen LogP contribution is -2.28. The lowest BCUT2D eigenvalue weighted by Gasteiger charge is -2.19. The Bertz CT molecular complexity index is 1040. The van der Waals surface area contributed by atoms with E-state index in [0.717, 1.165) is 16.1 Å². The topological polar surface area (TPSA) is 64.3 Å². The maximum Gasteiger partial charge on any atom is 0.287 e. The molecule has 0 atom stereocenters. The number of benzene rings is 2. The standard InChI is InChI=1S/C22H24N2O3S2/c1-15-13-16(5-10-19(15)27-14-22(2,3)26)24-12-11-23-20(21(24)25)29-18-8-6-17(28-4)7-9-18/h5-13,26H,14H2,1-4H3. The summed E-state index contributed by atoms with van der Waals surface area (Å²) in [6, 6.07) is 13.6. The first kappa shape index (κ1) is 21.5. The highest BCUT2D eigenvalue weighted by atomic mass is 32.2. The Labute approximate surface area is 179 Å². The average Bonchev–Trinajstić information content (AvgIpc) is 2.68. The Morgan fingerprint density at radius 1 is 1.14 bits per heavy atom. The summed E-state index contributed by atoms with van der Waals surface area (Å²) in [5.41, 5.74) is 0.547. The summed E-state index contributed by atoms with van der Waals surface area (Å²) in [4.78, 5) is 19.4. The maximum atomic E-state index is 13.0. The van der Waals surface area contributed by atoms with Gasteiger partial charge in [0.1, 0.15) is 12.4 Å². The van der Waals surface area contributed by atoms with Crippen LogP contribution in [0.25, 0.3) is 5.69 Å². The molecule has 0 amide bonds. The molecule has 0 aliphatic rings. The molecule has 3 aromatic rings. The number of nitrogens with zero attached hydrogens (tertiary/aromatic N) is 2. The molecule has 152 valence electrons. The van der Waals surface area contributed by atoms with Gasteiger partial charge in [0, 0.05) is 27.9 Å². The number of rotatable bonds is 7. The molecule has 0 saturated carbocycles. The number of hydrogen-bond acceptors (Lipinski definition) is 6. The normalized spacial score (nSPS) is 11.5. The van der Waals surface area contributed by atoms with Crippen molar-refractivity contribution < 1.29 is 9.84 Å². The molecule has 0 unspecified atom stereocenters. The summed E-state index contributed by atoms with van der Waals surface area (Å²) < 4.78 is 7.27. The minimum atomic E-state index is -0.909. The van der Waals surface area contributed by atoms with E-state index in [2.05, 4.69) is 4.98 Å². The van der Waals surface area contributed by atoms with Crippen molar-refractivity contribution in [2.45, 2.75) is 41.2 Å². The van der Waals surface area contributed by atoms with Crippen molar-refractivity contribution in [2.24, 2.45) is 0 Å². The number of aromatic nitrogens is 2. The summed E-state index contributed by atoms with van der Waals surface area (Å²) in [6.07, 6.45) is 5.33. The van der Waals surface area contributed by atoms with E-state index >= 15 is 0 Å². The van der Waals surface area contributed by atoms with Gasteiger partial charge in [-0.15, -0.1) is 11.8 Å². The van der Waals surface area contributed by atoms with Gasteiger partial charge < -0.3 is 9.84 Å². The van der Waals surface area contributed by atoms with E-state index in [1.54, 1.807) is 42.6 Å². The van der Waals surface area contributed by atoms with Crippen LogP contribution in [0.5, 0.6) is 5.75 Å². The second kappa shape index (κ2) is 9.07. The van der Waals surface area contributed by atoms with Crippen molar-refractivity contribution in [1.82, 2.24) is 9.55 Å². The Hall–Kier alpha value is -2.22. The van der Waals surface area contributed by atoms with Crippen molar-refractivity contribution >= 4 is 23.5 Å². The lowest BCUT2D eigenvalue weighted by atomic mass is 10.1. The van der Waals surface area contributed by atoms with Crippen LogP contribution in [0.15, 0.2) is 74.5 Å². The summed E-state index contributed by atoms with van der Waals surface area (Å²) in [5.74, 6) is 0.682. The molecule has 0 spiro atoms. The van der Waals surface area contributed by atoms with Crippen LogP contribution in [0.1, 0.15) is 19.4 Å². The highest BCUT2D eigenvalue weighted by molar-refractivity contribution is 7.99. The van der Waals surface area contributed by atoms with Gasteiger partial charge in [-0.25, -0.2) is 4.98 Å². The van der Waals surface area contributed by atoms with E-state index in [1.807, 2.05) is 55.6 Å². The van der Waals surface area contributed by atoms with Gasteiger partial charge in [-0.05, 0) is 75.1 Å². The molecule has 0 aliphatic heterocycles. The van der Waals surface area contributed by atoms with Gasteiger partial charge in [-0.2, -0.15) is 0 Å². The van der Waals surface area contributed by atoms with Gasteiger partial charge in [-0.3, -0.25) is 9.36 Å². The molecule has 0 radical (unpaired) electrons. The molecule has 0 saturated heterocycles. The Morgan fingerprint density at radius 2 is 1.83 bits per heavy atom. The van der Waals surface area contributed by atoms with Gasteiger partial charge in [0.05, 0.1) is 5.60 Å². The monoisotopic (exact) mass is 428 g/mol. The summed E-state index contributed by atoms with van der Waals surface area (Å²) in [5, 5.41) is 10.3. The van der Waals surface area contributed by atoms with Gasteiger partial charge >= 0.3 is 0 Å². The van der Waals surface area contributed by atoms with E-state index in [0.29, 0.717) is 10.8 Å². The molecule has 5 nitrogen and oxygen atoms in total. The quantitative estimate of drug-likeness (QED) is 0.557. The van der Waals surface area contributed by atoms with Crippen LogP contribution in [-0.2, 0) is 0 Å². The number of aliphatic hydroxyl groups is 1. The zero-order valence-corrected chi connectivity index (χ0v) is 18.5. The molecule has 29 heavy (non-hydrogen) atoms. The molecule has 1 N–H and O–H groups in total. The molecule has 0 bridgehead atoms. The molecular weight excluding hydrogens is 404 g/mol. The van der Waals surface area contributed by atoms with Crippen molar-refractivity contribution in [2.75, 3.05) is 12.9 Å².